The number of esters is 1. The van der Waals surface area contributed by atoms with Gasteiger partial charge in [0.05, 0.1) is 6.61 Å². The molecule has 0 amide bonds. The van der Waals surface area contributed by atoms with Crippen molar-refractivity contribution in [2.24, 2.45) is 0 Å². The van der Waals surface area contributed by atoms with E-state index in [0.29, 0.717) is 17.4 Å². The average molecular weight is 380 g/mol. The summed E-state index contributed by atoms with van der Waals surface area (Å²) < 4.78 is 37.5. The molecule has 0 bridgehead atoms. The highest BCUT2D eigenvalue weighted by atomic mass is 79.9. The molecule has 118 valence electrons. The number of hydrogen-bond donors (Lipinski definition) is 1. The topological polar surface area (TPSA) is 81.7 Å². The van der Waals surface area contributed by atoms with E-state index in [9.17, 15) is 13.2 Å². The van der Waals surface area contributed by atoms with E-state index in [1.807, 2.05) is 6.92 Å². The minimum Gasteiger partial charge on any atom is -0.480 e. The van der Waals surface area contributed by atoms with E-state index >= 15 is 0 Å². The lowest BCUT2D eigenvalue weighted by atomic mass is 10.3. The Bertz CT molecular complexity index is 588. The third-order valence-corrected chi connectivity index (χ3v) is 4.36. The van der Waals surface area contributed by atoms with Gasteiger partial charge in [0.25, 0.3) is 0 Å². The summed E-state index contributed by atoms with van der Waals surface area (Å²) in [4.78, 5) is 11.3. The molecular formula is C13H18BrNO5S. The summed E-state index contributed by atoms with van der Waals surface area (Å²) in [6.07, 6.45) is 0.673. The molecule has 0 aliphatic rings. The number of nitrogens with one attached hydrogen (secondary N) is 1. The van der Waals surface area contributed by atoms with Crippen molar-refractivity contribution in [1.29, 1.82) is 0 Å². The fourth-order valence-electron chi connectivity index (χ4n) is 1.46. The van der Waals surface area contributed by atoms with Crippen LogP contribution >= 0.6 is 15.9 Å². The van der Waals surface area contributed by atoms with Gasteiger partial charge in [-0.15, -0.1) is 0 Å². The predicted octanol–water partition coefficient (Wildman–Crippen LogP) is 2.08. The highest BCUT2D eigenvalue weighted by Crippen LogP contribution is 2.27. The fourth-order valence-corrected chi connectivity index (χ4v) is 3.28. The molecule has 1 aromatic carbocycles. The van der Waals surface area contributed by atoms with Crippen molar-refractivity contribution < 1.29 is 22.7 Å². The van der Waals surface area contributed by atoms with Gasteiger partial charge in [-0.2, -0.15) is 0 Å². The molecule has 0 atom stereocenters. The first kappa shape index (κ1) is 17.9. The van der Waals surface area contributed by atoms with E-state index in [1.165, 1.54) is 12.1 Å². The summed E-state index contributed by atoms with van der Waals surface area (Å²) in [6, 6.07) is 4.56. The number of hydrogen-bond acceptors (Lipinski definition) is 5. The molecule has 0 saturated carbocycles. The van der Waals surface area contributed by atoms with Gasteiger partial charge < -0.3 is 9.47 Å². The molecule has 1 N–H and O–H groups in total. The molecule has 0 radical (unpaired) electrons. The first-order valence-electron chi connectivity index (χ1n) is 6.48. The molecule has 0 heterocycles. The lowest BCUT2D eigenvalue weighted by molar-refractivity contribution is -0.145. The minimum absolute atomic E-state index is 0.0189. The third-order valence-electron chi connectivity index (χ3n) is 2.39. The highest BCUT2D eigenvalue weighted by Gasteiger charge is 2.20. The summed E-state index contributed by atoms with van der Waals surface area (Å²) in [5.74, 6) is -0.444. The molecule has 0 aliphatic carbocycles. The highest BCUT2D eigenvalue weighted by molar-refractivity contribution is 9.10. The van der Waals surface area contributed by atoms with Crippen molar-refractivity contribution in [2.45, 2.75) is 25.2 Å². The minimum atomic E-state index is -3.69. The Morgan fingerprint density at radius 2 is 2.05 bits per heavy atom. The van der Waals surface area contributed by atoms with Gasteiger partial charge in [-0.1, -0.05) is 22.9 Å². The Hall–Kier alpha value is -1.12. The summed E-state index contributed by atoms with van der Waals surface area (Å²) in [7, 11) is -3.69. The van der Waals surface area contributed by atoms with Gasteiger partial charge in [0.1, 0.15) is 10.6 Å². The first-order valence-corrected chi connectivity index (χ1v) is 8.76. The zero-order valence-corrected chi connectivity index (χ0v) is 14.3. The first-order chi connectivity index (χ1) is 9.90. The lowest BCUT2D eigenvalue weighted by Crippen LogP contribution is -2.25. The summed E-state index contributed by atoms with van der Waals surface area (Å²) in [6.45, 7) is 3.77. The average Bonchev–Trinajstić information content (AvgIpc) is 2.44. The number of benzene rings is 1. The van der Waals surface area contributed by atoms with Crippen LogP contribution in [0.25, 0.3) is 0 Å². The maximum Gasteiger partial charge on any atom is 0.344 e. The quantitative estimate of drug-likeness (QED) is 0.699. The summed E-state index contributed by atoms with van der Waals surface area (Å²) in [5.41, 5.74) is 0. The van der Waals surface area contributed by atoms with Crippen molar-refractivity contribution in [3.63, 3.8) is 0 Å². The second kappa shape index (κ2) is 8.35. The smallest absolute Gasteiger partial charge is 0.344 e. The third kappa shape index (κ3) is 5.64. The lowest BCUT2D eigenvalue weighted by Gasteiger charge is -2.12. The van der Waals surface area contributed by atoms with Gasteiger partial charge in [0.15, 0.2) is 6.61 Å². The van der Waals surface area contributed by atoms with Crippen LogP contribution in [0, 0.1) is 0 Å². The van der Waals surface area contributed by atoms with E-state index in [-0.39, 0.29) is 23.9 Å². The van der Waals surface area contributed by atoms with Gasteiger partial charge in [-0.3, -0.25) is 0 Å². The molecule has 6 nitrogen and oxygen atoms in total. The van der Waals surface area contributed by atoms with Crippen LogP contribution in [0.3, 0.4) is 0 Å². The van der Waals surface area contributed by atoms with Crippen molar-refractivity contribution in [3.8, 4) is 5.75 Å². The summed E-state index contributed by atoms with van der Waals surface area (Å²) >= 11 is 3.22. The van der Waals surface area contributed by atoms with Gasteiger partial charge in [-0.05, 0) is 31.5 Å². The van der Waals surface area contributed by atoms with Crippen LogP contribution in [0.2, 0.25) is 0 Å². The zero-order valence-electron chi connectivity index (χ0n) is 11.9. The Labute approximate surface area is 133 Å². The Morgan fingerprint density at radius 1 is 1.33 bits per heavy atom. The normalized spacial score (nSPS) is 11.2. The number of ether oxygens (including phenoxy) is 2. The monoisotopic (exact) mass is 379 g/mol. The second-order valence-electron chi connectivity index (χ2n) is 4.08. The van der Waals surface area contributed by atoms with Crippen LogP contribution in [-0.4, -0.2) is 34.1 Å². The Balaban J connectivity index is 2.97. The standard InChI is InChI=1S/C13H18BrNO5S/c1-3-7-15-21(17,18)12-8-10(14)5-6-11(12)20-9-13(16)19-4-2/h5-6,8,15H,3-4,7,9H2,1-2H3. The SMILES string of the molecule is CCCNS(=O)(=O)c1cc(Br)ccc1OCC(=O)OCC. The molecule has 8 heteroatoms. The molecule has 21 heavy (non-hydrogen) atoms. The molecular weight excluding hydrogens is 362 g/mol. The number of rotatable bonds is 8. The van der Waals surface area contributed by atoms with Crippen molar-refractivity contribution in [2.75, 3.05) is 19.8 Å². The molecule has 1 rings (SSSR count). The molecule has 0 aromatic heterocycles. The number of carbonyl (C=O) groups is 1. The van der Waals surface area contributed by atoms with Crippen LogP contribution in [0.4, 0.5) is 0 Å². The van der Waals surface area contributed by atoms with E-state index < -0.39 is 16.0 Å². The molecule has 0 aliphatic heterocycles. The molecule has 0 fully saturated rings. The van der Waals surface area contributed by atoms with E-state index in [0.717, 1.165) is 0 Å². The van der Waals surface area contributed by atoms with Gasteiger partial charge in [0.2, 0.25) is 10.0 Å². The predicted molar refractivity (Wildman–Crippen MR) is 81.7 cm³/mol. The zero-order chi connectivity index (χ0) is 15.9. The van der Waals surface area contributed by atoms with E-state index in [1.54, 1.807) is 13.0 Å². The van der Waals surface area contributed by atoms with Crippen LogP contribution in [0.1, 0.15) is 20.3 Å². The maximum absolute atomic E-state index is 12.2. The number of halogens is 1. The molecule has 0 spiro atoms. The number of sulfonamides is 1. The van der Waals surface area contributed by atoms with Crippen LogP contribution in [-0.2, 0) is 19.6 Å². The fraction of sp³-hybridized carbons (Fsp3) is 0.462. The largest absolute Gasteiger partial charge is 0.480 e. The van der Waals surface area contributed by atoms with Crippen LogP contribution in [0.5, 0.6) is 5.75 Å². The Morgan fingerprint density at radius 3 is 2.67 bits per heavy atom. The molecule has 0 unspecified atom stereocenters. The van der Waals surface area contributed by atoms with Crippen molar-refractivity contribution >= 4 is 31.9 Å². The van der Waals surface area contributed by atoms with Gasteiger partial charge in [0, 0.05) is 11.0 Å². The maximum atomic E-state index is 12.2. The molecule has 0 saturated heterocycles. The molecule has 1 aromatic rings. The van der Waals surface area contributed by atoms with E-state index in [2.05, 4.69) is 20.7 Å². The van der Waals surface area contributed by atoms with Crippen molar-refractivity contribution in [1.82, 2.24) is 4.72 Å². The summed E-state index contributed by atoms with van der Waals surface area (Å²) in [5, 5.41) is 0. The van der Waals surface area contributed by atoms with Crippen molar-refractivity contribution in [3.05, 3.63) is 22.7 Å². The second-order valence-corrected chi connectivity index (χ2v) is 6.73. The van der Waals surface area contributed by atoms with Gasteiger partial charge >= 0.3 is 5.97 Å². The van der Waals surface area contributed by atoms with Crippen LogP contribution < -0.4 is 9.46 Å². The van der Waals surface area contributed by atoms with E-state index in [4.69, 9.17) is 9.47 Å². The number of carbonyl (C=O) groups excluding carboxylic acids is 1. The van der Waals surface area contributed by atoms with Gasteiger partial charge in [-0.25, -0.2) is 17.9 Å². The Kier molecular flexibility index (Phi) is 7.13. The van der Waals surface area contributed by atoms with Crippen LogP contribution in [0.15, 0.2) is 27.6 Å².